The van der Waals surface area contributed by atoms with Crippen molar-refractivity contribution in [3.8, 4) is 22.4 Å². The third-order valence-corrected chi connectivity index (χ3v) is 5.11. The SMILES string of the molecule is CCn1cc(-c2cc(C(=O)NC(C)c3cnccn3)cc(-c3ccc(C)cc3)c2)nn1. The first-order valence-corrected chi connectivity index (χ1v) is 10.2. The van der Waals surface area contributed by atoms with Gasteiger partial charge < -0.3 is 5.32 Å². The highest BCUT2D eigenvalue weighted by molar-refractivity contribution is 5.97. The summed E-state index contributed by atoms with van der Waals surface area (Å²) in [5.41, 5.74) is 5.99. The molecule has 0 spiro atoms. The molecule has 2 aromatic heterocycles. The first-order valence-electron chi connectivity index (χ1n) is 10.2. The Labute approximate surface area is 181 Å². The van der Waals surface area contributed by atoms with Gasteiger partial charge in [0.2, 0.25) is 0 Å². The second-order valence-corrected chi connectivity index (χ2v) is 7.45. The lowest BCUT2D eigenvalue weighted by Crippen LogP contribution is -2.27. The zero-order chi connectivity index (χ0) is 21.8. The topological polar surface area (TPSA) is 85.6 Å². The minimum absolute atomic E-state index is 0.184. The van der Waals surface area contributed by atoms with Crippen LogP contribution in [0.1, 0.15) is 41.5 Å². The molecule has 2 aromatic carbocycles. The van der Waals surface area contributed by atoms with Crippen LogP contribution in [0.15, 0.2) is 67.3 Å². The van der Waals surface area contributed by atoms with Crippen LogP contribution < -0.4 is 5.32 Å². The fourth-order valence-corrected chi connectivity index (χ4v) is 3.29. The van der Waals surface area contributed by atoms with Gasteiger partial charge in [0.25, 0.3) is 5.91 Å². The Balaban J connectivity index is 1.71. The standard InChI is InChI=1S/C24H24N6O/c1-4-30-15-23(28-29-30)20-11-19(18-7-5-16(2)6-8-18)12-21(13-20)24(31)27-17(3)22-14-25-9-10-26-22/h5-15,17H,4H2,1-3H3,(H,27,31). The van der Waals surface area contributed by atoms with Crippen molar-refractivity contribution in [1.29, 1.82) is 0 Å². The zero-order valence-electron chi connectivity index (χ0n) is 17.8. The molecule has 2 heterocycles. The lowest BCUT2D eigenvalue weighted by Gasteiger charge is -2.14. The van der Waals surface area contributed by atoms with E-state index in [4.69, 9.17) is 0 Å². The Bertz CT molecular complexity index is 1180. The van der Waals surface area contributed by atoms with E-state index in [0.717, 1.165) is 28.9 Å². The molecule has 1 N–H and O–H groups in total. The molecule has 31 heavy (non-hydrogen) atoms. The molecular weight excluding hydrogens is 388 g/mol. The number of hydrogen-bond donors (Lipinski definition) is 1. The van der Waals surface area contributed by atoms with Crippen molar-refractivity contribution in [2.75, 3.05) is 0 Å². The summed E-state index contributed by atoms with van der Waals surface area (Å²) in [4.78, 5) is 21.5. The monoisotopic (exact) mass is 412 g/mol. The van der Waals surface area contributed by atoms with Gasteiger partial charge in [-0.15, -0.1) is 5.10 Å². The van der Waals surface area contributed by atoms with Gasteiger partial charge in [0.15, 0.2) is 0 Å². The first kappa shape index (κ1) is 20.4. The number of carbonyl (C=O) groups excluding carboxylic acids is 1. The van der Waals surface area contributed by atoms with Crippen molar-refractivity contribution in [3.05, 3.63) is 84.1 Å². The Morgan fingerprint density at radius 3 is 2.52 bits per heavy atom. The van der Waals surface area contributed by atoms with Gasteiger partial charge in [-0.25, -0.2) is 0 Å². The molecule has 1 atom stereocenters. The van der Waals surface area contributed by atoms with E-state index in [9.17, 15) is 4.79 Å². The zero-order valence-corrected chi connectivity index (χ0v) is 17.8. The normalized spacial score (nSPS) is 11.8. The maximum atomic E-state index is 13.1. The fourth-order valence-electron chi connectivity index (χ4n) is 3.29. The lowest BCUT2D eigenvalue weighted by molar-refractivity contribution is 0.0939. The summed E-state index contributed by atoms with van der Waals surface area (Å²) in [5, 5.41) is 11.4. The molecule has 4 rings (SSSR count). The van der Waals surface area contributed by atoms with Crippen LogP contribution in [0.3, 0.4) is 0 Å². The average molecular weight is 412 g/mol. The molecule has 0 radical (unpaired) electrons. The molecule has 0 aliphatic heterocycles. The van der Waals surface area contributed by atoms with Crippen molar-refractivity contribution in [1.82, 2.24) is 30.3 Å². The summed E-state index contributed by atoms with van der Waals surface area (Å²) < 4.78 is 1.77. The third kappa shape index (κ3) is 4.66. The molecule has 0 aliphatic carbocycles. The van der Waals surface area contributed by atoms with Crippen LogP contribution in [0, 0.1) is 6.92 Å². The quantitative estimate of drug-likeness (QED) is 0.512. The fraction of sp³-hybridized carbons (Fsp3) is 0.208. The van der Waals surface area contributed by atoms with Crippen LogP contribution in [0.5, 0.6) is 0 Å². The van der Waals surface area contributed by atoms with Gasteiger partial charge in [0, 0.05) is 30.1 Å². The molecule has 0 aliphatic rings. The van der Waals surface area contributed by atoms with Gasteiger partial charge in [0.1, 0.15) is 5.69 Å². The molecule has 0 bridgehead atoms. The molecule has 0 saturated carbocycles. The molecular formula is C24H24N6O. The maximum absolute atomic E-state index is 13.1. The number of hydrogen-bond acceptors (Lipinski definition) is 5. The van der Waals surface area contributed by atoms with Gasteiger partial charge in [-0.1, -0.05) is 35.0 Å². The van der Waals surface area contributed by atoms with Crippen LogP contribution in [0.4, 0.5) is 0 Å². The summed E-state index contributed by atoms with van der Waals surface area (Å²) in [6.45, 7) is 6.68. The Kier molecular flexibility index (Phi) is 5.84. The highest BCUT2D eigenvalue weighted by Gasteiger charge is 2.16. The van der Waals surface area contributed by atoms with E-state index in [2.05, 4.69) is 56.8 Å². The number of nitrogens with zero attached hydrogens (tertiary/aromatic N) is 5. The predicted octanol–water partition coefficient (Wildman–Crippen LogP) is 4.22. The molecule has 4 aromatic rings. The van der Waals surface area contributed by atoms with E-state index in [1.54, 1.807) is 23.3 Å². The molecule has 7 heteroatoms. The second-order valence-electron chi connectivity index (χ2n) is 7.45. The number of rotatable bonds is 6. The Morgan fingerprint density at radius 1 is 1.06 bits per heavy atom. The van der Waals surface area contributed by atoms with Crippen molar-refractivity contribution < 1.29 is 4.79 Å². The minimum atomic E-state index is -0.270. The van der Waals surface area contributed by atoms with Gasteiger partial charge >= 0.3 is 0 Å². The first-order chi connectivity index (χ1) is 15.0. The second kappa shape index (κ2) is 8.87. The summed E-state index contributed by atoms with van der Waals surface area (Å²) in [7, 11) is 0. The molecule has 1 unspecified atom stereocenters. The lowest BCUT2D eigenvalue weighted by atomic mass is 9.97. The Morgan fingerprint density at radius 2 is 1.84 bits per heavy atom. The van der Waals surface area contributed by atoms with E-state index < -0.39 is 0 Å². The van der Waals surface area contributed by atoms with Crippen molar-refractivity contribution >= 4 is 5.91 Å². The number of carbonyl (C=O) groups is 1. The van der Waals surface area contributed by atoms with E-state index in [-0.39, 0.29) is 11.9 Å². The van der Waals surface area contributed by atoms with Crippen LogP contribution in [-0.4, -0.2) is 30.9 Å². The molecule has 0 saturated heterocycles. The smallest absolute Gasteiger partial charge is 0.251 e. The van der Waals surface area contributed by atoms with Crippen LogP contribution in [0.25, 0.3) is 22.4 Å². The molecule has 7 nitrogen and oxygen atoms in total. The van der Waals surface area contributed by atoms with Gasteiger partial charge in [-0.3, -0.25) is 19.4 Å². The number of aromatic nitrogens is 5. The highest BCUT2D eigenvalue weighted by atomic mass is 16.1. The van der Waals surface area contributed by atoms with E-state index >= 15 is 0 Å². The van der Waals surface area contributed by atoms with Crippen LogP contribution in [-0.2, 0) is 6.54 Å². The van der Waals surface area contributed by atoms with E-state index in [1.807, 2.05) is 38.2 Å². The van der Waals surface area contributed by atoms with E-state index in [0.29, 0.717) is 11.3 Å². The van der Waals surface area contributed by atoms with E-state index in [1.165, 1.54) is 5.56 Å². The third-order valence-electron chi connectivity index (χ3n) is 5.11. The highest BCUT2D eigenvalue weighted by Crippen LogP contribution is 2.28. The van der Waals surface area contributed by atoms with Gasteiger partial charge in [0.05, 0.1) is 24.1 Å². The summed E-state index contributed by atoms with van der Waals surface area (Å²) in [5.74, 6) is -0.184. The summed E-state index contributed by atoms with van der Waals surface area (Å²) >= 11 is 0. The number of nitrogens with one attached hydrogen (secondary N) is 1. The molecule has 0 fully saturated rings. The maximum Gasteiger partial charge on any atom is 0.251 e. The van der Waals surface area contributed by atoms with Crippen molar-refractivity contribution in [3.63, 3.8) is 0 Å². The van der Waals surface area contributed by atoms with Crippen molar-refractivity contribution in [2.24, 2.45) is 0 Å². The number of amides is 1. The number of aryl methyl sites for hydroxylation is 2. The van der Waals surface area contributed by atoms with Crippen LogP contribution in [0.2, 0.25) is 0 Å². The largest absolute Gasteiger partial charge is 0.344 e. The summed E-state index contributed by atoms with van der Waals surface area (Å²) in [6.07, 6.45) is 6.77. The van der Waals surface area contributed by atoms with Gasteiger partial charge in [-0.05, 0) is 50.1 Å². The average Bonchev–Trinajstić information content (AvgIpc) is 3.29. The van der Waals surface area contributed by atoms with Crippen LogP contribution >= 0.6 is 0 Å². The van der Waals surface area contributed by atoms with Gasteiger partial charge in [-0.2, -0.15) is 0 Å². The predicted molar refractivity (Wildman–Crippen MR) is 119 cm³/mol. The molecule has 156 valence electrons. The Hall–Kier alpha value is -3.87. The summed E-state index contributed by atoms with van der Waals surface area (Å²) in [6, 6.07) is 13.8. The molecule has 1 amide bonds. The minimum Gasteiger partial charge on any atom is -0.344 e. The van der Waals surface area contributed by atoms with Crippen molar-refractivity contribution in [2.45, 2.75) is 33.4 Å². The number of benzene rings is 2.